The Morgan fingerprint density at radius 3 is 2.07 bits per heavy atom. The van der Waals surface area contributed by atoms with Gasteiger partial charge in [-0.25, -0.2) is 8.42 Å². The molecule has 3 aromatic rings. The van der Waals surface area contributed by atoms with E-state index in [2.05, 4.69) is 0 Å². The molecule has 1 aromatic carbocycles. The molecule has 0 aliphatic heterocycles. The highest BCUT2D eigenvalue weighted by atomic mass is 32.2. The molecular weight excluding hydrogens is 378 g/mol. The van der Waals surface area contributed by atoms with Crippen LogP contribution in [-0.4, -0.2) is 12.7 Å². The SMILES string of the molecule is Cc1c(C)c(C)c(S(=O)(=O)N(Cc2ccsc2)Cc2ccco2)c(C)c1C. The molecule has 0 unspecified atom stereocenters. The first-order valence-electron chi connectivity index (χ1n) is 8.84. The Hall–Kier alpha value is -1.89. The molecule has 2 heterocycles. The van der Waals surface area contributed by atoms with Crippen LogP contribution in [0.2, 0.25) is 0 Å². The zero-order valence-corrected chi connectivity index (χ0v) is 18.0. The zero-order valence-electron chi connectivity index (χ0n) is 16.4. The lowest BCUT2D eigenvalue weighted by atomic mass is 9.95. The summed E-state index contributed by atoms with van der Waals surface area (Å²) in [4.78, 5) is 0.421. The molecule has 2 aromatic heterocycles. The standard InChI is InChI=1S/C21H25NO3S2/c1-14-15(2)17(4)21(18(5)16(14)3)27(23,24)22(11-19-8-10-26-13-19)12-20-7-6-9-25-20/h6-10,13H,11-12H2,1-5H3. The molecule has 0 saturated carbocycles. The topological polar surface area (TPSA) is 50.5 Å². The van der Waals surface area contributed by atoms with E-state index in [1.807, 2.05) is 57.5 Å². The number of nitrogens with zero attached hydrogens (tertiary/aromatic N) is 1. The summed E-state index contributed by atoms with van der Waals surface area (Å²) in [5, 5.41) is 3.94. The Morgan fingerprint density at radius 2 is 1.56 bits per heavy atom. The molecule has 6 heteroatoms. The number of benzene rings is 1. The first-order valence-corrected chi connectivity index (χ1v) is 11.2. The third-order valence-electron chi connectivity index (χ3n) is 5.38. The third-order valence-corrected chi connectivity index (χ3v) is 8.18. The lowest BCUT2D eigenvalue weighted by Crippen LogP contribution is -2.31. The summed E-state index contributed by atoms with van der Waals surface area (Å²) in [6.45, 7) is 10.4. The van der Waals surface area contributed by atoms with Gasteiger partial charge in [0.25, 0.3) is 0 Å². The van der Waals surface area contributed by atoms with Crippen LogP contribution in [0.25, 0.3) is 0 Å². The van der Waals surface area contributed by atoms with Crippen molar-refractivity contribution in [2.75, 3.05) is 0 Å². The Bertz CT molecular complexity index is 969. The van der Waals surface area contributed by atoms with Crippen LogP contribution in [-0.2, 0) is 23.1 Å². The maximum Gasteiger partial charge on any atom is 0.244 e. The number of thiophene rings is 1. The van der Waals surface area contributed by atoms with E-state index >= 15 is 0 Å². The van der Waals surface area contributed by atoms with E-state index in [0.717, 1.165) is 33.4 Å². The average molecular weight is 404 g/mol. The fraction of sp³-hybridized carbons (Fsp3) is 0.333. The second-order valence-corrected chi connectivity index (χ2v) is 9.59. The van der Waals surface area contributed by atoms with Gasteiger partial charge in [0.2, 0.25) is 10.0 Å². The van der Waals surface area contributed by atoms with Crippen molar-refractivity contribution in [3.8, 4) is 0 Å². The normalized spacial score (nSPS) is 12.1. The van der Waals surface area contributed by atoms with Gasteiger partial charge in [-0.05, 0) is 97.0 Å². The highest BCUT2D eigenvalue weighted by Gasteiger charge is 2.30. The molecule has 27 heavy (non-hydrogen) atoms. The van der Waals surface area contributed by atoms with Crippen molar-refractivity contribution in [2.45, 2.75) is 52.6 Å². The molecule has 0 radical (unpaired) electrons. The summed E-state index contributed by atoms with van der Waals surface area (Å²) in [5.74, 6) is 0.629. The molecule has 4 nitrogen and oxygen atoms in total. The molecular formula is C21H25NO3S2. The molecule has 0 spiro atoms. The van der Waals surface area contributed by atoms with E-state index in [9.17, 15) is 8.42 Å². The molecule has 3 rings (SSSR count). The van der Waals surface area contributed by atoms with E-state index in [4.69, 9.17) is 4.42 Å². The minimum Gasteiger partial charge on any atom is -0.468 e. The second-order valence-electron chi connectivity index (χ2n) is 6.94. The van der Waals surface area contributed by atoms with Gasteiger partial charge in [0, 0.05) is 6.54 Å². The van der Waals surface area contributed by atoms with Crippen LogP contribution < -0.4 is 0 Å². The number of hydrogen-bond acceptors (Lipinski definition) is 4. The second kappa shape index (κ2) is 7.62. The summed E-state index contributed by atoms with van der Waals surface area (Å²) in [7, 11) is -3.70. The van der Waals surface area contributed by atoms with Crippen molar-refractivity contribution in [3.63, 3.8) is 0 Å². The Morgan fingerprint density at radius 1 is 0.926 bits per heavy atom. The molecule has 0 bridgehead atoms. The Labute approximate surface area is 165 Å². The van der Waals surface area contributed by atoms with Crippen LogP contribution in [0.5, 0.6) is 0 Å². The van der Waals surface area contributed by atoms with Crippen LogP contribution in [0.15, 0.2) is 44.5 Å². The van der Waals surface area contributed by atoms with Crippen molar-refractivity contribution in [1.29, 1.82) is 0 Å². The molecule has 0 atom stereocenters. The van der Waals surface area contributed by atoms with E-state index in [0.29, 0.717) is 17.2 Å². The maximum absolute atomic E-state index is 13.7. The molecule has 0 fully saturated rings. The van der Waals surface area contributed by atoms with E-state index in [1.165, 1.54) is 4.31 Å². The number of rotatable bonds is 6. The van der Waals surface area contributed by atoms with Crippen molar-refractivity contribution >= 4 is 21.4 Å². The molecule has 144 valence electrons. The summed E-state index contributed by atoms with van der Waals surface area (Å²) in [5.41, 5.74) is 5.84. The molecule has 0 aliphatic rings. The average Bonchev–Trinajstić information content (AvgIpc) is 3.31. The highest BCUT2D eigenvalue weighted by Crippen LogP contribution is 2.33. The largest absolute Gasteiger partial charge is 0.468 e. The van der Waals surface area contributed by atoms with E-state index in [-0.39, 0.29) is 6.54 Å². The van der Waals surface area contributed by atoms with Gasteiger partial charge < -0.3 is 4.42 Å². The molecule has 0 N–H and O–H groups in total. The predicted molar refractivity (Wildman–Crippen MR) is 110 cm³/mol. The molecule has 0 saturated heterocycles. The zero-order chi connectivity index (χ0) is 19.8. The van der Waals surface area contributed by atoms with Gasteiger partial charge in [-0.2, -0.15) is 15.6 Å². The van der Waals surface area contributed by atoms with Gasteiger partial charge in [-0.15, -0.1) is 0 Å². The van der Waals surface area contributed by atoms with Gasteiger partial charge in [0.15, 0.2) is 0 Å². The monoisotopic (exact) mass is 403 g/mol. The predicted octanol–water partition coefficient (Wildman–Crippen LogP) is 5.27. The maximum atomic E-state index is 13.7. The minimum absolute atomic E-state index is 0.204. The number of hydrogen-bond donors (Lipinski definition) is 0. The first-order chi connectivity index (χ1) is 12.7. The molecule has 0 amide bonds. The van der Waals surface area contributed by atoms with Crippen LogP contribution in [0.4, 0.5) is 0 Å². The van der Waals surface area contributed by atoms with Gasteiger partial charge in [0.1, 0.15) is 5.76 Å². The van der Waals surface area contributed by atoms with Gasteiger partial charge >= 0.3 is 0 Å². The quantitative estimate of drug-likeness (QED) is 0.563. The summed E-state index contributed by atoms with van der Waals surface area (Å²) >= 11 is 1.56. The molecule has 0 aliphatic carbocycles. The Kier molecular flexibility index (Phi) is 5.60. The third kappa shape index (κ3) is 3.74. The van der Waals surface area contributed by atoms with Gasteiger partial charge in [-0.3, -0.25) is 0 Å². The fourth-order valence-corrected chi connectivity index (χ4v) is 5.98. The van der Waals surface area contributed by atoms with Crippen LogP contribution >= 0.6 is 11.3 Å². The minimum atomic E-state index is -3.70. The van der Waals surface area contributed by atoms with Crippen LogP contribution in [0, 0.1) is 34.6 Å². The van der Waals surface area contributed by atoms with E-state index < -0.39 is 10.0 Å². The van der Waals surface area contributed by atoms with Gasteiger partial charge in [-0.1, -0.05) is 0 Å². The van der Waals surface area contributed by atoms with E-state index in [1.54, 1.807) is 23.7 Å². The van der Waals surface area contributed by atoms with Crippen molar-refractivity contribution < 1.29 is 12.8 Å². The number of sulfonamides is 1. The first kappa shape index (κ1) is 19.9. The lowest BCUT2D eigenvalue weighted by Gasteiger charge is -2.25. The summed E-state index contributed by atoms with van der Waals surface area (Å²) in [6.07, 6.45) is 1.57. The van der Waals surface area contributed by atoms with Crippen molar-refractivity contribution in [2.24, 2.45) is 0 Å². The van der Waals surface area contributed by atoms with Crippen molar-refractivity contribution in [3.05, 3.63) is 74.4 Å². The van der Waals surface area contributed by atoms with Crippen LogP contribution in [0.1, 0.15) is 39.1 Å². The van der Waals surface area contributed by atoms with Gasteiger partial charge in [0.05, 0.1) is 17.7 Å². The Balaban J connectivity index is 2.13. The number of furan rings is 1. The summed E-state index contributed by atoms with van der Waals surface area (Å²) < 4.78 is 34.4. The fourth-order valence-electron chi connectivity index (χ4n) is 3.37. The van der Waals surface area contributed by atoms with Crippen molar-refractivity contribution in [1.82, 2.24) is 4.31 Å². The summed E-state index contributed by atoms with van der Waals surface area (Å²) in [6, 6.07) is 5.55. The van der Waals surface area contributed by atoms with Crippen LogP contribution in [0.3, 0.4) is 0 Å². The highest BCUT2D eigenvalue weighted by molar-refractivity contribution is 7.89. The lowest BCUT2D eigenvalue weighted by molar-refractivity contribution is 0.358. The smallest absolute Gasteiger partial charge is 0.244 e.